The summed E-state index contributed by atoms with van der Waals surface area (Å²) < 4.78 is 4.19. The van der Waals surface area contributed by atoms with E-state index in [9.17, 15) is 0 Å². The number of benzene rings is 8. The third-order valence-corrected chi connectivity index (χ3v) is 12.6. The molecular formula is C64H51Cl2N11. The Morgan fingerprint density at radius 1 is 0.325 bits per heavy atom. The average Bonchev–Trinajstić information content (AvgIpc) is 4.16. The van der Waals surface area contributed by atoms with E-state index < -0.39 is 0 Å². The molecule has 0 fully saturated rings. The molecule has 0 saturated heterocycles. The lowest BCUT2D eigenvalue weighted by Crippen LogP contribution is -2.08. The Kier molecular flexibility index (Phi) is 16.5. The summed E-state index contributed by atoms with van der Waals surface area (Å²) in [5.74, 6) is 1.96. The number of nitrogens with two attached hydrogens (primary N) is 1. The minimum Gasteiger partial charge on any atom is -0.399 e. The van der Waals surface area contributed by atoms with Crippen LogP contribution in [0.15, 0.2) is 261 Å². The first-order valence-electron chi connectivity index (χ1n) is 24.8. The summed E-state index contributed by atoms with van der Waals surface area (Å²) in [4.78, 5) is 26.5. The molecule has 0 unspecified atom stereocenters. The fraction of sp³-hybridized carbons (Fsp3) is 0.0312. The van der Waals surface area contributed by atoms with Crippen molar-refractivity contribution in [2.75, 3.05) is 16.4 Å². The molecule has 0 atom stereocenters. The van der Waals surface area contributed by atoms with E-state index in [2.05, 4.69) is 133 Å². The van der Waals surface area contributed by atoms with Gasteiger partial charge >= 0.3 is 0 Å². The van der Waals surface area contributed by atoms with E-state index in [1.165, 1.54) is 33.4 Å². The molecule has 0 amide bonds. The summed E-state index contributed by atoms with van der Waals surface area (Å²) in [7, 11) is 0. The van der Waals surface area contributed by atoms with Crippen molar-refractivity contribution in [1.29, 1.82) is 0 Å². The largest absolute Gasteiger partial charge is 0.399 e. The molecule has 12 rings (SSSR count). The van der Waals surface area contributed by atoms with Crippen molar-refractivity contribution in [2.24, 2.45) is 0 Å². The number of hydrogen-bond donors (Lipinski definition) is 3. The standard InChI is InChI=1S/C38H30N6.C14H10Cl2N4.C12H11N/c1-4-11-28(12-5-1)27-44-26-10-17-35(44)36-41-37(39-33-22-18-31(19-23-33)29-13-6-2-7-14-29)43-38(42-36)40-34-24-20-32(21-25-34)30-15-8-3-9-16-30;15-13-17-12(18-14(16)19-13)11-7-4-8-20(11)9-10-5-2-1-3-6-10;13-12-8-6-11(7-9-12)10-4-2-1-3-5-10/h1-26H,27H2,(H2,39,40,41,42,43);1-8H,9H2;1-9H,13H2. The van der Waals surface area contributed by atoms with Crippen molar-refractivity contribution in [1.82, 2.24) is 39.0 Å². The summed E-state index contributed by atoms with van der Waals surface area (Å²) in [5, 5.41) is 6.98. The van der Waals surface area contributed by atoms with E-state index in [0.717, 1.165) is 46.1 Å². The van der Waals surface area contributed by atoms with Gasteiger partial charge in [0.2, 0.25) is 22.5 Å². The molecule has 4 N–H and O–H groups in total. The van der Waals surface area contributed by atoms with Gasteiger partial charge in [-0.2, -0.15) is 29.9 Å². The fourth-order valence-electron chi connectivity index (χ4n) is 8.43. The van der Waals surface area contributed by atoms with E-state index in [-0.39, 0.29) is 10.6 Å². The van der Waals surface area contributed by atoms with E-state index in [1.807, 2.05) is 162 Å². The maximum atomic E-state index is 5.82. The second-order valence-electron chi connectivity index (χ2n) is 17.6. The Morgan fingerprint density at radius 3 is 1.03 bits per heavy atom. The average molecular weight is 1050 g/mol. The van der Waals surface area contributed by atoms with Crippen LogP contribution in [0.5, 0.6) is 0 Å². The highest BCUT2D eigenvalue weighted by Crippen LogP contribution is 2.28. The number of aromatic nitrogens is 8. The number of nitrogens with zero attached hydrogens (tertiary/aromatic N) is 8. The minimum atomic E-state index is 0.0902. The van der Waals surface area contributed by atoms with Gasteiger partial charge in [0.15, 0.2) is 11.6 Å². The Hall–Kier alpha value is -9.68. The van der Waals surface area contributed by atoms with Gasteiger partial charge in [0, 0.05) is 42.5 Å². The predicted molar refractivity (Wildman–Crippen MR) is 314 cm³/mol. The molecule has 0 radical (unpaired) electrons. The van der Waals surface area contributed by atoms with Crippen molar-refractivity contribution in [2.45, 2.75) is 13.1 Å². The molecule has 4 heterocycles. The molecule has 0 aliphatic heterocycles. The molecular weight excluding hydrogens is 994 g/mol. The Morgan fingerprint density at radius 2 is 0.649 bits per heavy atom. The highest BCUT2D eigenvalue weighted by Gasteiger charge is 2.15. The number of nitrogen functional groups attached to an aromatic ring is 1. The van der Waals surface area contributed by atoms with Crippen LogP contribution in [-0.4, -0.2) is 39.0 Å². The first-order chi connectivity index (χ1) is 37.8. The van der Waals surface area contributed by atoms with Crippen LogP contribution in [0.4, 0.5) is 29.0 Å². The Bertz CT molecular complexity index is 3630. The third-order valence-electron chi connectivity index (χ3n) is 12.2. The fourth-order valence-corrected chi connectivity index (χ4v) is 8.79. The van der Waals surface area contributed by atoms with Gasteiger partial charge in [-0.15, -0.1) is 0 Å². The lowest BCUT2D eigenvalue weighted by molar-refractivity contribution is 0.805. The van der Waals surface area contributed by atoms with Crippen LogP contribution in [0.3, 0.4) is 0 Å². The second kappa shape index (κ2) is 25.0. The molecule has 0 aliphatic rings. The van der Waals surface area contributed by atoms with Gasteiger partial charge in [0.05, 0.1) is 11.4 Å². The zero-order valence-electron chi connectivity index (χ0n) is 41.7. The molecule has 11 nitrogen and oxygen atoms in total. The molecule has 0 aliphatic carbocycles. The van der Waals surface area contributed by atoms with Crippen LogP contribution < -0.4 is 16.4 Å². The number of hydrogen-bond acceptors (Lipinski definition) is 9. The van der Waals surface area contributed by atoms with Crippen LogP contribution in [0.1, 0.15) is 11.1 Å². The van der Waals surface area contributed by atoms with Gasteiger partial charge in [0.1, 0.15) is 0 Å². The number of nitrogens with one attached hydrogen (secondary N) is 2. The maximum Gasteiger partial charge on any atom is 0.232 e. The zero-order valence-corrected chi connectivity index (χ0v) is 43.2. The summed E-state index contributed by atoms with van der Waals surface area (Å²) in [6.45, 7) is 1.44. The Labute approximate surface area is 457 Å². The summed E-state index contributed by atoms with van der Waals surface area (Å²) in [5.41, 5.74) is 19.4. The van der Waals surface area contributed by atoms with Gasteiger partial charge in [-0.3, -0.25) is 0 Å². The molecule has 12 aromatic rings. The summed E-state index contributed by atoms with van der Waals surface area (Å²) >= 11 is 11.6. The summed E-state index contributed by atoms with van der Waals surface area (Å²) in [6, 6.07) is 83.8. The molecule has 0 saturated carbocycles. The third kappa shape index (κ3) is 13.9. The number of halogens is 2. The van der Waals surface area contributed by atoms with Gasteiger partial charge in [-0.1, -0.05) is 188 Å². The molecule has 376 valence electrons. The van der Waals surface area contributed by atoms with Crippen molar-refractivity contribution in [3.8, 4) is 56.4 Å². The molecule has 77 heavy (non-hydrogen) atoms. The van der Waals surface area contributed by atoms with Crippen molar-refractivity contribution in [3.05, 3.63) is 283 Å². The monoisotopic (exact) mass is 1040 g/mol. The van der Waals surface area contributed by atoms with Crippen LogP contribution in [0.25, 0.3) is 56.4 Å². The lowest BCUT2D eigenvalue weighted by atomic mass is 10.1. The van der Waals surface area contributed by atoms with Gasteiger partial charge in [-0.25, -0.2) is 0 Å². The highest BCUT2D eigenvalue weighted by molar-refractivity contribution is 6.31. The molecule has 13 heteroatoms. The SMILES string of the molecule is Clc1nc(Cl)nc(-c2cccn2Cc2ccccc2)n1.Nc1ccc(-c2ccccc2)cc1.c1ccc(Cn2cccc2-c2nc(Nc3ccc(-c4ccccc4)cc3)nc(Nc3ccc(-c4ccccc4)cc3)n2)cc1. The summed E-state index contributed by atoms with van der Waals surface area (Å²) in [6.07, 6.45) is 4.02. The molecule has 0 bridgehead atoms. The zero-order chi connectivity index (χ0) is 52.6. The topological polar surface area (TPSA) is 137 Å². The van der Waals surface area contributed by atoms with Gasteiger partial charge in [-0.05, 0) is 128 Å². The van der Waals surface area contributed by atoms with Gasteiger partial charge < -0.3 is 25.5 Å². The minimum absolute atomic E-state index is 0.0902. The Balaban J connectivity index is 0.000000166. The predicted octanol–water partition coefficient (Wildman–Crippen LogP) is 15.8. The maximum absolute atomic E-state index is 5.82. The first kappa shape index (κ1) is 50.8. The quantitative estimate of drug-likeness (QED) is 0.0964. The van der Waals surface area contributed by atoms with Gasteiger partial charge in [0.25, 0.3) is 0 Å². The highest BCUT2D eigenvalue weighted by atomic mass is 35.5. The van der Waals surface area contributed by atoms with E-state index in [4.69, 9.17) is 43.9 Å². The normalized spacial score (nSPS) is 10.6. The van der Waals surface area contributed by atoms with E-state index in [1.54, 1.807) is 0 Å². The molecule has 8 aromatic carbocycles. The molecule has 4 aromatic heterocycles. The van der Waals surface area contributed by atoms with Crippen LogP contribution in [0, 0.1) is 0 Å². The number of anilines is 5. The van der Waals surface area contributed by atoms with Crippen LogP contribution in [0.2, 0.25) is 10.6 Å². The van der Waals surface area contributed by atoms with Crippen molar-refractivity contribution in [3.63, 3.8) is 0 Å². The van der Waals surface area contributed by atoms with Crippen molar-refractivity contribution >= 4 is 52.2 Å². The van der Waals surface area contributed by atoms with E-state index >= 15 is 0 Å². The van der Waals surface area contributed by atoms with Crippen LogP contribution in [-0.2, 0) is 13.1 Å². The smallest absolute Gasteiger partial charge is 0.232 e. The molecule has 0 spiro atoms. The first-order valence-corrected chi connectivity index (χ1v) is 25.6. The number of rotatable bonds is 13. The van der Waals surface area contributed by atoms with E-state index in [0.29, 0.717) is 30.1 Å². The van der Waals surface area contributed by atoms with Crippen LogP contribution >= 0.6 is 23.2 Å². The second-order valence-corrected chi connectivity index (χ2v) is 18.3. The van der Waals surface area contributed by atoms with Crippen molar-refractivity contribution < 1.29 is 0 Å². The lowest BCUT2D eigenvalue weighted by Gasteiger charge is -2.13.